The number of aromatic nitrogens is 2. The zero-order chi connectivity index (χ0) is 17.8. The number of amides is 3. The van der Waals surface area contributed by atoms with Crippen molar-refractivity contribution in [3.8, 4) is 0 Å². The number of hydrogen-bond donors (Lipinski definition) is 3. The zero-order valence-electron chi connectivity index (χ0n) is 14.0. The monoisotopic (exact) mass is 340 g/mol. The van der Waals surface area contributed by atoms with Gasteiger partial charge in [-0.3, -0.25) is 10.1 Å². The number of urea groups is 1. The van der Waals surface area contributed by atoms with Gasteiger partial charge in [0.2, 0.25) is 5.95 Å². The number of rotatable bonds is 4. The number of aryl methyl sites for hydroxylation is 1. The van der Waals surface area contributed by atoms with Crippen molar-refractivity contribution >= 4 is 29.4 Å². The van der Waals surface area contributed by atoms with Gasteiger partial charge in [-0.15, -0.1) is 0 Å². The molecule has 130 valence electrons. The van der Waals surface area contributed by atoms with Gasteiger partial charge in [0.05, 0.1) is 5.69 Å². The first-order chi connectivity index (χ1) is 12.0. The Bertz CT molecular complexity index is 787. The highest BCUT2D eigenvalue weighted by molar-refractivity contribution is 6.02. The van der Waals surface area contributed by atoms with Crippen molar-refractivity contribution in [1.82, 2.24) is 14.9 Å². The SMILES string of the molecule is Cc1nc(Nc2ccccc2)nc(NC(=O)N2CCCC2)c1C(N)=O. The standard InChI is InChI=1S/C17H20N6O2/c1-11-13(14(18)24)15(22-17(25)23-9-5-6-10-23)21-16(19-11)20-12-7-3-2-4-8-12/h2-4,7-8H,5-6,9-10H2,1H3,(H2,18,24)(H2,19,20,21,22,25). The molecule has 1 fully saturated rings. The summed E-state index contributed by atoms with van der Waals surface area (Å²) in [6.07, 6.45) is 1.94. The first-order valence-electron chi connectivity index (χ1n) is 8.11. The van der Waals surface area contributed by atoms with Crippen molar-refractivity contribution in [3.05, 3.63) is 41.6 Å². The number of anilines is 3. The Morgan fingerprint density at radius 1 is 1.12 bits per heavy atom. The van der Waals surface area contributed by atoms with Crippen molar-refractivity contribution in [3.63, 3.8) is 0 Å². The molecule has 0 spiro atoms. The normalized spacial score (nSPS) is 13.6. The highest BCUT2D eigenvalue weighted by Gasteiger charge is 2.22. The maximum atomic E-state index is 12.4. The van der Waals surface area contributed by atoms with Crippen molar-refractivity contribution in [2.24, 2.45) is 5.73 Å². The molecule has 1 aromatic heterocycles. The van der Waals surface area contributed by atoms with Crippen LogP contribution in [0, 0.1) is 6.92 Å². The molecule has 1 aliphatic heterocycles. The summed E-state index contributed by atoms with van der Waals surface area (Å²) in [6, 6.07) is 9.09. The number of carbonyl (C=O) groups excluding carboxylic acids is 2. The Morgan fingerprint density at radius 2 is 1.80 bits per heavy atom. The third kappa shape index (κ3) is 3.85. The molecule has 0 saturated carbocycles. The summed E-state index contributed by atoms with van der Waals surface area (Å²) in [5, 5.41) is 5.75. The fourth-order valence-electron chi connectivity index (χ4n) is 2.77. The van der Waals surface area contributed by atoms with E-state index in [-0.39, 0.29) is 23.4 Å². The minimum absolute atomic E-state index is 0.117. The van der Waals surface area contributed by atoms with E-state index in [1.807, 2.05) is 30.3 Å². The van der Waals surface area contributed by atoms with Gasteiger partial charge in [-0.1, -0.05) is 18.2 Å². The average Bonchev–Trinajstić information content (AvgIpc) is 3.09. The van der Waals surface area contributed by atoms with E-state index in [1.54, 1.807) is 11.8 Å². The fourth-order valence-corrected chi connectivity index (χ4v) is 2.77. The molecule has 2 heterocycles. The van der Waals surface area contributed by atoms with Gasteiger partial charge in [0.25, 0.3) is 5.91 Å². The minimum Gasteiger partial charge on any atom is -0.365 e. The van der Waals surface area contributed by atoms with Crippen molar-refractivity contribution in [2.45, 2.75) is 19.8 Å². The lowest BCUT2D eigenvalue weighted by Crippen LogP contribution is -2.33. The molecule has 3 rings (SSSR count). The lowest BCUT2D eigenvalue weighted by Gasteiger charge is -2.18. The van der Waals surface area contributed by atoms with Crippen LogP contribution in [0.4, 0.5) is 22.2 Å². The molecule has 1 saturated heterocycles. The summed E-state index contributed by atoms with van der Waals surface area (Å²) in [7, 11) is 0. The van der Waals surface area contributed by atoms with Crippen LogP contribution in [-0.4, -0.2) is 39.9 Å². The summed E-state index contributed by atoms with van der Waals surface area (Å²) in [5.74, 6) is -0.277. The molecule has 0 unspecified atom stereocenters. The second-order valence-electron chi connectivity index (χ2n) is 5.84. The molecular weight excluding hydrogens is 320 g/mol. The van der Waals surface area contributed by atoms with E-state index >= 15 is 0 Å². The van der Waals surface area contributed by atoms with Crippen LogP contribution in [0.25, 0.3) is 0 Å². The molecule has 8 heteroatoms. The lowest BCUT2D eigenvalue weighted by molar-refractivity contribution is 0.1000. The minimum atomic E-state index is -0.680. The van der Waals surface area contributed by atoms with Gasteiger partial charge >= 0.3 is 6.03 Å². The van der Waals surface area contributed by atoms with Crippen LogP contribution in [0.1, 0.15) is 28.9 Å². The van der Waals surface area contributed by atoms with Crippen LogP contribution < -0.4 is 16.4 Å². The molecule has 2 aromatic rings. The van der Waals surface area contributed by atoms with E-state index in [4.69, 9.17) is 5.73 Å². The van der Waals surface area contributed by atoms with E-state index < -0.39 is 5.91 Å². The molecule has 4 N–H and O–H groups in total. The number of para-hydroxylation sites is 1. The van der Waals surface area contributed by atoms with Crippen LogP contribution in [-0.2, 0) is 0 Å². The summed E-state index contributed by atoms with van der Waals surface area (Å²) in [5.41, 5.74) is 6.76. The quantitative estimate of drug-likeness (QED) is 0.790. The molecule has 0 atom stereocenters. The molecule has 0 aliphatic carbocycles. The van der Waals surface area contributed by atoms with Gasteiger partial charge in [-0.2, -0.15) is 4.98 Å². The first kappa shape index (κ1) is 16.7. The molecule has 1 aliphatic rings. The van der Waals surface area contributed by atoms with Crippen LogP contribution >= 0.6 is 0 Å². The van der Waals surface area contributed by atoms with E-state index in [0.717, 1.165) is 18.5 Å². The Labute approximate surface area is 145 Å². The molecule has 3 amide bonds. The van der Waals surface area contributed by atoms with E-state index in [2.05, 4.69) is 20.6 Å². The van der Waals surface area contributed by atoms with E-state index in [9.17, 15) is 9.59 Å². The topological polar surface area (TPSA) is 113 Å². The molecular formula is C17H20N6O2. The fraction of sp³-hybridized carbons (Fsp3) is 0.294. The molecule has 25 heavy (non-hydrogen) atoms. The smallest absolute Gasteiger partial charge is 0.323 e. The second kappa shape index (κ2) is 7.16. The average molecular weight is 340 g/mol. The Kier molecular flexibility index (Phi) is 4.78. The summed E-state index contributed by atoms with van der Waals surface area (Å²) >= 11 is 0. The number of primary amides is 1. The van der Waals surface area contributed by atoms with Crippen molar-refractivity contribution < 1.29 is 9.59 Å². The number of nitrogens with two attached hydrogens (primary N) is 1. The predicted molar refractivity (Wildman–Crippen MR) is 94.8 cm³/mol. The van der Waals surface area contributed by atoms with Crippen molar-refractivity contribution in [2.75, 3.05) is 23.7 Å². The Balaban J connectivity index is 1.90. The largest absolute Gasteiger partial charge is 0.365 e. The van der Waals surface area contributed by atoms with Gasteiger partial charge in [-0.25, -0.2) is 9.78 Å². The number of nitrogens with one attached hydrogen (secondary N) is 2. The van der Waals surface area contributed by atoms with Gasteiger partial charge in [-0.05, 0) is 31.9 Å². The number of carbonyl (C=O) groups is 2. The lowest BCUT2D eigenvalue weighted by atomic mass is 10.2. The van der Waals surface area contributed by atoms with Crippen molar-refractivity contribution in [1.29, 1.82) is 0 Å². The van der Waals surface area contributed by atoms with Gasteiger partial charge in [0.1, 0.15) is 5.56 Å². The third-order valence-electron chi connectivity index (χ3n) is 3.98. The highest BCUT2D eigenvalue weighted by Crippen LogP contribution is 2.21. The van der Waals surface area contributed by atoms with E-state index in [1.165, 1.54) is 0 Å². The Hall–Kier alpha value is -3.16. The third-order valence-corrected chi connectivity index (χ3v) is 3.98. The number of hydrogen-bond acceptors (Lipinski definition) is 5. The van der Waals surface area contributed by atoms with Gasteiger partial charge in [0.15, 0.2) is 5.82 Å². The van der Waals surface area contributed by atoms with Crippen LogP contribution in [0.15, 0.2) is 30.3 Å². The number of nitrogens with zero attached hydrogens (tertiary/aromatic N) is 3. The van der Waals surface area contributed by atoms with Crippen LogP contribution in [0.2, 0.25) is 0 Å². The Morgan fingerprint density at radius 3 is 2.44 bits per heavy atom. The highest BCUT2D eigenvalue weighted by atomic mass is 16.2. The molecule has 1 aromatic carbocycles. The summed E-state index contributed by atoms with van der Waals surface area (Å²) < 4.78 is 0. The van der Waals surface area contributed by atoms with Gasteiger partial charge in [0, 0.05) is 18.8 Å². The summed E-state index contributed by atoms with van der Waals surface area (Å²) in [4.78, 5) is 34.4. The summed E-state index contributed by atoms with van der Waals surface area (Å²) in [6.45, 7) is 3.04. The van der Waals surface area contributed by atoms with E-state index in [0.29, 0.717) is 18.8 Å². The van der Waals surface area contributed by atoms with Crippen LogP contribution in [0.3, 0.4) is 0 Å². The van der Waals surface area contributed by atoms with Crippen LogP contribution in [0.5, 0.6) is 0 Å². The number of likely N-dealkylation sites (tertiary alicyclic amines) is 1. The second-order valence-corrected chi connectivity index (χ2v) is 5.84. The first-order valence-corrected chi connectivity index (χ1v) is 8.11. The number of benzene rings is 1. The van der Waals surface area contributed by atoms with Gasteiger partial charge < -0.3 is 16.0 Å². The maximum Gasteiger partial charge on any atom is 0.323 e. The zero-order valence-corrected chi connectivity index (χ0v) is 14.0. The predicted octanol–water partition coefficient (Wildman–Crippen LogP) is 2.26. The molecule has 0 bridgehead atoms. The maximum absolute atomic E-state index is 12.4. The molecule has 8 nitrogen and oxygen atoms in total. The molecule has 0 radical (unpaired) electrons.